The highest BCUT2D eigenvalue weighted by Crippen LogP contribution is 2.56. The van der Waals surface area contributed by atoms with Crippen LogP contribution >= 0.6 is 0 Å². The Morgan fingerprint density at radius 3 is 2.34 bits per heavy atom. The molecule has 186 valence electrons. The van der Waals surface area contributed by atoms with Gasteiger partial charge in [-0.1, -0.05) is 85.6 Å². The molecule has 0 heterocycles. The summed E-state index contributed by atoms with van der Waals surface area (Å²) in [4.78, 5) is 5.20. The summed E-state index contributed by atoms with van der Waals surface area (Å²) in [5.41, 5.74) is 4.13. The van der Waals surface area contributed by atoms with Gasteiger partial charge in [-0.2, -0.15) is 0 Å². The van der Waals surface area contributed by atoms with Crippen molar-refractivity contribution in [1.82, 2.24) is 0 Å². The largest absolute Gasteiger partial charge is 0.289 e. The van der Waals surface area contributed by atoms with Crippen molar-refractivity contribution in [3.05, 3.63) is 11.6 Å². The van der Waals surface area contributed by atoms with Crippen LogP contribution in [0.4, 0.5) is 0 Å². The first-order valence-electron chi connectivity index (χ1n) is 14.4. The first kappa shape index (κ1) is 27.7. The summed E-state index contributed by atoms with van der Waals surface area (Å²) in [6.45, 7) is 17.6. The zero-order valence-electron chi connectivity index (χ0n) is 23.1. The second-order valence-corrected chi connectivity index (χ2v) is 12.7. The molecule has 2 fully saturated rings. The van der Waals surface area contributed by atoms with Crippen molar-refractivity contribution in [3.8, 4) is 0 Å². The van der Waals surface area contributed by atoms with Gasteiger partial charge in [0.25, 0.3) is 0 Å². The van der Waals surface area contributed by atoms with Gasteiger partial charge in [-0.25, -0.2) is 0 Å². The molecule has 2 aliphatic carbocycles. The van der Waals surface area contributed by atoms with E-state index in [2.05, 4.69) is 54.5 Å². The monoisotopic (exact) mass is 443 g/mol. The molecule has 0 aliphatic heterocycles. The zero-order valence-corrected chi connectivity index (χ0v) is 23.1. The van der Waals surface area contributed by atoms with Crippen molar-refractivity contribution in [3.63, 3.8) is 0 Å². The molecular formula is C31H57N. The van der Waals surface area contributed by atoms with E-state index in [1.807, 2.05) is 0 Å². The van der Waals surface area contributed by atoms with Crippen molar-refractivity contribution in [1.29, 1.82) is 0 Å². The molecule has 3 atom stereocenters. The van der Waals surface area contributed by atoms with Gasteiger partial charge in [-0.15, -0.1) is 0 Å². The fraction of sp³-hybridized carbons (Fsp3) is 0.903. The van der Waals surface area contributed by atoms with Crippen LogP contribution in [0.5, 0.6) is 0 Å². The standard InChI is InChI=1S/C31H57N/c1-8-11-13-16-25(4)17-18-26(9-2)29(32-10-3)27-19-20-28(24-30(5,6)7)31(23-27)21-14-12-15-22-31/h9,25,27-28H,8,10-24H2,1-7H3. The number of hydrogen-bond acceptors (Lipinski definition) is 1. The minimum Gasteiger partial charge on any atom is -0.289 e. The van der Waals surface area contributed by atoms with Crippen LogP contribution in [0.15, 0.2) is 16.6 Å². The lowest BCUT2D eigenvalue weighted by Crippen LogP contribution is -2.42. The average Bonchev–Trinajstić information content (AvgIpc) is 2.75. The normalized spacial score (nSPS) is 25.8. The molecule has 2 rings (SSSR count). The van der Waals surface area contributed by atoms with Gasteiger partial charge < -0.3 is 0 Å². The van der Waals surface area contributed by atoms with E-state index in [9.17, 15) is 0 Å². The Labute approximate surface area is 202 Å². The van der Waals surface area contributed by atoms with Gasteiger partial charge in [-0.05, 0) is 93.5 Å². The molecule has 0 aromatic heterocycles. The summed E-state index contributed by atoms with van der Waals surface area (Å²) in [5.74, 6) is 2.46. The maximum Gasteiger partial charge on any atom is 0.0407 e. The van der Waals surface area contributed by atoms with Crippen molar-refractivity contribution in [2.24, 2.45) is 33.6 Å². The smallest absolute Gasteiger partial charge is 0.0407 e. The van der Waals surface area contributed by atoms with Crippen molar-refractivity contribution in [2.75, 3.05) is 6.54 Å². The number of nitrogens with zero attached hydrogens (tertiary/aromatic N) is 1. The van der Waals surface area contributed by atoms with Crippen molar-refractivity contribution in [2.45, 2.75) is 145 Å². The molecule has 2 saturated carbocycles. The molecule has 3 unspecified atom stereocenters. The maximum absolute atomic E-state index is 5.20. The molecule has 0 aromatic carbocycles. The summed E-state index contributed by atoms with van der Waals surface area (Å²) in [5, 5.41) is 0. The van der Waals surface area contributed by atoms with Gasteiger partial charge in [0.1, 0.15) is 0 Å². The Kier molecular flexibility index (Phi) is 11.5. The Hall–Kier alpha value is -0.590. The highest BCUT2D eigenvalue weighted by atomic mass is 14.7. The summed E-state index contributed by atoms with van der Waals surface area (Å²) in [6, 6.07) is 0. The van der Waals surface area contributed by atoms with E-state index in [1.165, 1.54) is 102 Å². The second-order valence-electron chi connectivity index (χ2n) is 12.7. The number of rotatable bonds is 11. The molecule has 1 heteroatoms. The van der Waals surface area contributed by atoms with Crippen LogP contribution < -0.4 is 0 Å². The summed E-state index contributed by atoms with van der Waals surface area (Å²) >= 11 is 0. The lowest BCUT2D eigenvalue weighted by atomic mass is 9.54. The van der Waals surface area contributed by atoms with E-state index in [1.54, 1.807) is 5.57 Å². The van der Waals surface area contributed by atoms with E-state index in [0.717, 1.165) is 18.4 Å². The summed E-state index contributed by atoms with van der Waals surface area (Å²) in [6.07, 6.45) is 23.4. The molecule has 0 aromatic rings. The van der Waals surface area contributed by atoms with Crippen molar-refractivity contribution < 1.29 is 0 Å². The third-order valence-electron chi connectivity index (χ3n) is 8.69. The molecule has 2 aliphatic rings. The van der Waals surface area contributed by atoms with E-state index in [-0.39, 0.29) is 0 Å². The highest BCUT2D eigenvalue weighted by molar-refractivity contribution is 6.01. The van der Waals surface area contributed by atoms with Gasteiger partial charge in [0, 0.05) is 18.2 Å². The number of unbranched alkanes of at least 4 members (excludes halogenated alkanes) is 2. The zero-order chi connectivity index (χ0) is 23.6. The first-order chi connectivity index (χ1) is 15.2. The highest BCUT2D eigenvalue weighted by Gasteiger charge is 2.46. The van der Waals surface area contributed by atoms with Gasteiger partial charge in [0.05, 0.1) is 0 Å². The predicted octanol–water partition coefficient (Wildman–Crippen LogP) is 10.2. The molecule has 0 N–H and O–H groups in total. The van der Waals surface area contributed by atoms with Gasteiger partial charge >= 0.3 is 0 Å². The Balaban J connectivity index is 2.12. The molecule has 0 saturated heterocycles. The molecular weight excluding hydrogens is 386 g/mol. The molecule has 1 nitrogen and oxygen atoms in total. The van der Waals surface area contributed by atoms with E-state index >= 15 is 0 Å². The van der Waals surface area contributed by atoms with E-state index in [0.29, 0.717) is 16.7 Å². The molecule has 0 amide bonds. The Bertz CT molecular complexity index is 584. The average molecular weight is 444 g/mol. The molecule has 32 heavy (non-hydrogen) atoms. The van der Waals surface area contributed by atoms with Crippen LogP contribution in [-0.2, 0) is 0 Å². The number of aliphatic imine (C=N–C) groups is 1. The van der Waals surface area contributed by atoms with Gasteiger partial charge in [-0.3, -0.25) is 4.99 Å². The fourth-order valence-corrected chi connectivity index (χ4v) is 7.00. The lowest BCUT2D eigenvalue weighted by molar-refractivity contribution is 0.0111. The van der Waals surface area contributed by atoms with Crippen LogP contribution in [0.2, 0.25) is 0 Å². The van der Waals surface area contributed by atoms with E-state index < -0.39 is 0 Å². The minimum atomic E-state index is 0.449. The SMILES string of the molecule is CC=C(CCC(C)CCCCC)C(=NCC)C1CCC(CC(C)(C)C)C2(CCCCC2)C1. The third kappa shape index (κ3) is 8.32. The van der Waals surface area contributed by atoms with Crippen LogP contribution in [0.25, 0.3) is 0 Å². The predicted molar refractivity (Wildman–Crippen MR) is 145 cm³/mol. The van der Waals surface area contributed by atoms with Crippen LogP contribution in [0.1, 0.15) is 145 Å². The molecule has 1 spiro atoms. The Morgan fingerprint density at radius 1 is 1.03 bits per heavy atom. The van der Waals surface area contributed by atoms with Gasteiger partial charge in [0.15, 0.2) is 0 Å². The summed E-state index contributed by atoms with van der Waals surface area (Å²) < 4.78 is 0. The Morgan fingerprint density at radius 2 is 1.75 bits per heavy atom. The van der Waals surface area contributed by atoms with E-state index in [4.69, 9.17) is 4.99 Å². The molecule has 0 bridgehead atoms. The van der Waals surface area contributed by atoms with Gasteiger partial charge in [0.2, 0.25) is 0 Å². The fourth-order valence-electron chi connectivity index (χ4n) is 7.00. The topological polar surface area (TPSA) is 12.4 Å². The molecule has 0 radical (unpaired) electrons. The third-order valence-corrected chi connectivity index (χ3v) is 8.69. The quantitative estimate of drug-likeness (QED) is 0.222. The maximum atomic E-state index is 5.20. The lowest BCUT2D eigenvalue weighted by Gasteiger charge is -2.51. The van der Waals surface area contributed by atoms with Crippen molar-refractivity contribution >= 4 is 5.71 Å². The van der Waals surface area contributed by atoms with Crippen LogP contribution in [-0.4, -0.2) is 12.3 Å². The second kappa shape index (κ2) is 13.3. The minimum absolute atomic E-state index is 0.449. The van der Waals surface area contributed by atoms with Crippen LogP contribution in [0.3, 0.4) is 0 Å². The summed E-state index contributed by atoms with van der Waals surface area (Å²) in [7, 11) is 0. The van der Waals surface area contributed by atoms with Crippen LogP contribution in [0, 0.1) is 28.6 Å². The number of allylic oxidation sites excluding steroid dienone is 2. The first-order valence-corrected chi connectivity index (χ1v) is 14.4. The number of hydrogen-bond donors (Lipinski definition) is 0.